The molecule has 1 aromatic heterocycles. The predicted octanol–water partition coefficient (Wildman–Crippen LogP) is 7.38. The lowest BCUT2D eigenvalue weighted by Gasteiger charge is -2.25. The molecule has 2 heterocycles. The van der Waals surface area contributed by atoms with Gasteiger partial charge in [0.1, 0.15) is 5.84 Å². The van der Waals surface area contributed by atoms with Gasteiger partial charge < -0.3 is 25.4 Å². The Labute approximate surface area is 245 Å². The summed E-state index contributed by atoms with van der Waals surface area (Å²) < 4.78 is 2.35. The van der Waals surface area contributed by atoms with Crippen molar-refractivity contribution in [2.45, 2.75) is 53.0 Å². The van der Waals surface area contributed by atoms with Crippen LogP contribution in [0.25, 0.3) is 16.6 Å². The molecule has 6 nitrogen and oxygen atoms in total. The maximum absolute atomic E-state index is 6.85. The normalized spacial score (nSPS) is 14.8. The number of aromatic nitrogens is 1. The number of amidine groups is 1. The predicted molar refractivity (Wildman–Crippen MR) is 176 cm³/mol. The first-order chi connectivity index (χ1) is 19.2. The molecule has 2 aromatic carbocycles. The van der Waals surface area contributed by atoms with Gasteiger partial charge in [-0.05, 0) is 69.1 Å². The lowest BCUT2D eigenvalue weighted by Crippen LogP contribution is -2.29. The molecule has 0 amide bonds. The zero-order valence-electron chi connectivity index (χ0n) is 25.0. The number of para-hydroxylation sites is 1. The first-order valence-electron chi connectivity index (χ1n) is 14.5. The Morgan fingerprint density at radius 3 is 2.67 bits per heavy atom. The summed E-state index contributed by atoms with van der Waals surface area (Å²) in [5.74, 6) is 1.05. The van der Waals surface area contributed by atoms with Crippen LogP contribution in [0.15, 0.2) is 59.2 Å². The first-order valence-corrected chi connectivity index (χ1v) is 14.8. The molecule has 0 aliphatic carbocycles. The van der Waals surface area contributed by atoms with Gasteiger partial charge in [0, 0.05) is 55.4 Å². The molecule has 40 heavy (non-hydrogen) atoms. The van der Waals surface area contributed by atoms with E-state index in [0.29, 0.717) is 5.03 Å². The number of anilines is 3. The van der Waals surface area contributed by atoms with Gasteiger partial charge in [0.15, 0.2) is 0 Å². The largest absolute Gasteiger partial charge is 0.397 e. The van der Waals surface area contributed by atoms with Gasteiger partial charge in [-0.3, -0.25) is 0 Å². The summed E-state index contributed by atoms with van der Waals surface area (Å²) in [5, 5.41) is 5.41. The molecule has 0 bridgehead atoms. The van der Waals surface area contributed by atoms with Crippen molar-refractivity contribution in [2.75, 3.05) is 50.2 Å². The van der Waals surface area contributed by atoms with Crippen LogP contribution < -0.4 is 16.0 Å². The van der Waals surface area contributed by atoms with Crippen molar-refractivity contribution in [1.29, 1.82) is 0 Å². The fraction of sp³-hybridized carbons (Fsp3) is 0.424. The second-order valence-electron chi connectivity index (χ2n) is 11.1. The van der Waals surface area contributed by atoms with Gasteiger partial charge in [-0.25, -0.2) is 4.99 Å². The molecule has 214 valence electrons. The quantitative estimate of drug-likeness (QED) is 0.111. The Morgan fingerprint density at radius 1 is 1.23 bits per heavy atom. The summed E-state index contributed by atoms with van der Waals surface area (Å²) in [6, 6.07) is 10.8. The summed E-state index contributed by atoms with van der Waals surface area (Å²) in [4.78, 5) is 9.66. The van der Waals surface area contributed by atoms with Gasteiger partial charge in [-0.1, -0.05) is 57.2 Å². The highest BCUT2D eigenvalue weighted by atomic mass is 35.5. The molecular formula is C33H45ClN6. The van der Waals surface area contributed by atoms with Gasteiger partial charge in [0.2, 0.25) is 0 Å². The minimum Gasteiger partial charge on any atom is -0.397 e. The van der Waals surface area contributed by atoms with Crippen LogP contribution in [0.4, 0.5) is 17.1 Å². The molecule has 0 spiro atoms. The monoisotopic (exact) mass is 560 g/mol. The first kappa shape index (κ1) is 29.8. The third-order valence-electron chi connectivity index (χ3n) is 7.99. The van der Waals surface area contributed by atoms with Crippen LogP contribution in [-0.4, -0.2) is 49.5 Å². The highest BCUT2D eigenvalue weighted by Gasteiger charge is 2.21. The van der Waals surface area contributed by atoms with E-state index in [2.05, 4.69) is 105 Å². The van der Waals surface area contributed by atoms with Crippen LogP contribution in [0, 0.1) is 5.92 Å². The Morgan fingerprint density at radius 2 is 2.00 bits per heavy atom. The number of halogens is 1. The highest BCUT2D eigenvalue weighted by Crippen LogP contribution is 2.37. The van der Waals surface area contributed by atoms with E-state index >= 15 is 0 Å². The smallest absolute Gasteiger partial charge is 0.110 e. The van der Waals surface area contributed by atoms with Crippen LogP contribution in [0.1, 0.15) is 50.3 Å². The van der Waals surface area contributed by atoms with Crippen LogP contribution in [0.2, 0.25) is 0 Å². The van der Waals surface area contributed by atoms with Crippen LogP contribution in [0.5, 0.6) is 0 Å². The number of aryl methyl sites for hydroxylation is 3. The van der Waals surface area contributed by atoms with Crippen molar-refractivity contribution in [1.82, 2.24) is 9.47 Å². The SMILES string of the molecule is C=C/C(Cl)=C(\N=C(Nc1cc(N)c(N(C)CCN(C)C)cc1CC)C(C)CC)c1cn2c3c(cccc13)CCC2. The number of nitrogens with one attached hydrogen (secondary N) is 1. The molecule has 1 unspecified atom stereocenters. The molecule has 3 aromatic rings. The van der Waals surface area contributed by atoms with Crippen molar-refractivity contribution in [3.8, 4) is 0 Å². The van der Waals surface area contributed by atoms with Gasteiger partial charge in [0.25, 0.3) is 0 Å². The molecule has 4 rings (SSSR count). The van der Waals surface area contributed by atoms with Crippen molar-refractivity contribution >= 4 is 51.1 Å². The molecule has 1 atom stereocenters. The van der Waals surface area contributed by atoms with E-state index in [4.69, 9.17) is 22.3 Å². The Bertz CT molecular complexity index is 1430. The van der Waals surface area contributed by atoms with Gasteiger partial charge in [-0.15, -0.1) is 0 Å². The summed E-state index contributed by atoms with van der Waals surface area (Å²) >= 11 is 6.85. The number of nitrogen functional groups attached to an aromatic ring is 1. The molecule has 0 saturated carbocycles. The van der Waals surface area contributed by atoms with E-state index in [1.165, 1.54) is 22.0 Å². The van der Waals surface area contributed by atoms with E-state index in [0.717, 1.165) is 79.5 Å². The van der Waals surface area contributed by atoms with Crippen molar-refractivity contribution < 1.29 is 0 Å². The number of rotatable bonds is 11. The number of nitrogens with zero attached hydrogens (tertiary/aromatic N) is 4. The topological polar surface area (TPSA) is 61.8 Å². The Kier molecular flexibility index (Phi) is 9.64. The van der Waals surface area contributed by atoms with E-state index in [9.17, 15) is 0 Å². The van der Waals surface area contributed by atoms with Crippen LogP contribution >= 0.6 is 11.6 Å². The number of allylic oxidation sites excluding steroid dienone is 2. The van der Waals surface area contributed by atoms with Crippen molar-refractivity contribution in [3.63, 3.8) is 0 Å². The molecule has 1 aliphatic rings. The number of aliphatic imine (C=N–C) groups is 1. The fourth-order valence-electron chi connectivity index (χ4n) is 5.35. The lowest BCUT2D eigenvalue weighted by molar-refractivity contribution is 0.416. The van der Waals surface area contributed by atoms with E-state index in [1.54, 1.807) is 6.08 Å². The second-order valence-corrected chi connectivity index (χ2v) is 11.5. The zero-order chi connectivity index (χ0) is 29.0. The summed E-state index contributed by atoms with van der Waals surface area (Å²) in [7, 11) is 6.27. The van der Waals surface area contributed by atoms with Crippen LogP contribution in [-0.2, 0) is 19.4 Å². The Hall–Kier alpha value is -3.22. The summed E-state index contributed by atoms with van der Waals surface area (Å²) in [5.41, 5.74) is 15.1. The summed E-state index contributed by atoms with van der Waals surface area (Å²) in [6.07, 6.45) is 7.93. The minimum absolute atomic E-state index is 0.178. The van der Waals surface area contributed by atoms with Gasteiger partial charge in [-0.2, -0.15) is 0 Å². The van der Waals surface area contributed by atoms with Crippen molar-refractivity contribution in [2.24, 2.45) is 10.9 Å². The lowest BCUT2D eigenvalue weighted by atomic mass is 10.0. The number of likely N-dealkylation sites (N-methyl/N-ethyl adjacent to an activating group) is 2. The molecular weight excluding hydrogens is 516 g/mol. The van der Waals surface area contributed by atoms with Crippen LogP contribution in [0.3, 0.4) is 0 Å². The minimum atomic E-state index is 0.178. The van der Waals surface area contributed by atoms with Crippen molar-refractivity contribution in [3.05, 3.63) is 70.9 Å². The van der Waals surface area contributed by atoms with E-state index < -0.39 is 0 Å². The van der Waals surface area contributed by atoms with Gasteiger partial charge >= 0.3 is 0 Å². The number of hydrogen-bond donors (Lipinski definition) is 2. The summed E-state index contributed by atoms with van der Waals surface area (Å²) in [6.45, 7) is 13.4. The standard InChI is InChI=1S/C33H45ClN6/c1-8-22(4)33(36-29-20-28(35)30(19-23(29)9-2)39(7)18-17-38(5)6)37-31(27(34)10-3)26-21-40-16-12-14-24-13-11-15-25(26)32(24)40/h10-11,13,15,19-22H,3,8-9,12,14,16-18,35H2,1-2,4-7H3,(H,36,37)/b31-27+. The molecule has 3 N–H and O–H groups in total. The molecule has 0 saturated heterocycles. The average Bonchev–Trinajstić information content (AvgIpc) is 3.33. The Balaban J connectivity index is 1.78. The van der Waals surface area contributed by atoms with Gasteiger partial charge in [0.05, 0.1) is 27.6 Å². The molecule has 7 heteroatoms. The fourth-order valence-corrected chi connectivity index (χ4v) is 5.50. The number of hydrogen-bond acceptors (Lipinski definition) is 4. The highest BCUT2D eigenvalue weighted by molar-refractivity contribution is 6.35. The van der Waals surface area contributed by atoms with E-state index in [1.807, 2.05) is 0 Å². The number of benzene rings is 2. The third kappa shape index (κ3) is 6.24. The zero-order valence-corrected chi connectivity index (χ0v) is 25.8. The number of nitrogens with two attached hydrogens (primary N) is 1. The second kappa shape index (κ2) is 13.0. The maximum atomic E-state index is 6.85. The molecule has 1 aliphatic heterocycles. The average molecular weight is 561 g/mol. The molecule has 0 radical (unpaired) electrons. The maximum Gasteiger partial charge on any atom is 0.110 e. The third-order valence-corrected chi connectivity index (χ3v) is 8.32. The van der Waals surface area contributed by atoms with E-state index in [-0.39, 0.29) is 5.92 Å². The molecule has 0 fully saturated rings.